The van der Waals surface area contributed by atoms with Crippen LogP contribution in [0.25, 0.3) is 0 Å². The average Bonchev–Trinajstić information content (AvgIpc) is 3.07. The van der Waals surface area contributed by atoms with Crippen LogP contribution in [0.15, 0.2) is 152 Å². The van der Waals surface area contributed by atoms with Crippen LogP contribution in [-0.4, -0.2) is 24.2 Å². The van der Waals surface area contributed by atoms with Gasteiger partial charge in [-0.1, -0.05) is 127 Å². The number of hydrogen-bond acceptors (Lipinski definition) is 5. The van der Waals surface area contributed by atoms with Gasteiger partial charge < -0.3 is 14.0 Å². The summed E-state index contributed by atoms with van der Waals surface area (Å²) in [5.41, 5.74) is 1.42. The summed E-state index contributed by atoms with van der Waals surface area (Å²) in [6, 6.07) is 45.3. The number of ether oxygens (including phenoxy) is 2. The van der Waals surface area contributed by atoms with Gasteiger partial charge >= 0.3 is 11.9 Å². The van der Waals surface area contributed by atoms with Crippen molar-refractivity contribution in [3.05, 3.63) is 168 Å². The van der Waals surface area contributed by atoms with Crippen molar-refractivity contribution in [2.45, 2.75) is 18.6 Å². The predicted octanol–water partition coefficient (Wildman–Crippen LogP) is 7.21. The topological polar surface area (TPSA) is 69.7 Å². The van der Waals surface area contributed by atoms with Crippen LogP contribution in [0.3, 0.4) is 0 Å². The van der Waals surface area contributed by atoms with Crippen LogP contribution in [0.4, 0.5) is 0 Å². The maximum atomic E-state index is 14.8. The van der Waals surface area contributed by atoms with Crippen molar-refractivity contribution in [2.75, 3.05) is 6.16 Å². The fourth-order valence-electron chi connectivity index (χ4n) is 4.86. The van der Waals surface area contributed by atoms with E-state index < -0.39 is 31.3 Å². The number of esters is 2. The molecule has 5 nitrogen and oxygen atoms in total. The van der Waals surface area contributed by atoms with Gasteiger partial charge in [0.15, 0.2) is 6.10 Å². The molecule has 5 aromatic rings. The molecular weight excluding hydrogens is 543 g/mol. The van der Waals surface area contributed by atoms with Gasteiger partial charge in [-0.25, -0.2) is 9.59 Å². The smallest absolute Gasteiger partial charge is 0.338 e. The molecule has 6 heteroatoms. The molecule has 0 heterocycles. The van der Waals surface area contributed by atoms with Crippen molar-refractivity contribution in [3.63, 3.8) is 0 Å². The minimum atomic E-state index is -3.15. The van der Waals surface area contributed by atoms with Crippen molar-refractivity contribution in [1.82, 2.24) is 0 Å². The zero-order valence-electron chi connectivity index (χ0n) is 23.0. The minimum Gasteiger partial charge on any atom is -0.454 e. The van der Waals surface area contributed by atoms with Gasteiger partial charge in [-0.05, 0) is 36.2 Å². The molecule has 0 amide bonds. The molecule has 0 radical (unpaired) electrons. The summed E-state index contributed by atoms with van der Waals surface area (Å²) in [6.45, 7) is 0. The summed E-state index contributed by atoms with van der Waals surface area (Å²) >= 11 is 0. The molecule has 0 aliphatic carbocycles. The number of carbonyl (C=O) groups excluding carboxylic acids is 2. The van der Waals surface area contributed by atoms with Gasteiger partial charge in [-0.2, -0.15) is 0 Å². The largest absolute Gasteiger partial charge is 0.454 e. The van der Waals surface area contributed by atoms with E-state index in [4.69, 9.17) is 9.47 Å². The Balaban J connectivity index is 1.53. The van der Waals surface area contributed by atoms with Gasteiger partial charge in [0.2, 0.25) is 0 Å². The standard InChI is InChI=1S/C36H31O5P/c37-35(29-18-8-2-9-19-29)40-33(26-27-42(39,31-22-12-4-13-23-31)32-24-14-5-15-25-32)34(28-16-6-1-7-17-28)41-36(38)30-20-10-3-11-21-30/h1-25,33-34H,26-27H2/t33-,34-/m0/s1. The third-order valence-electron chi connectivity index (χ3n) is 7.05. The van der Waals surface area contributed by atoms with E-state index in [1.807, 2.05) is 103 Å². The van der Waals surface area contributed by atoms with Crippen molar-refractivity contribution in [2.24, 2.45) is 0 Å². The molecule has 5 aromatic carbocycles. The van der Waals surface area contributed by atoms with Gasteiger partial charge in [0.1, 0.15) is 13.2 Å². The second-order valence-corrected chi connectivity index (χ2v) is 12.8. The lowest BCUT2D eigenvalue weighted by Crippen LogP contribution is -2.31. The van der Waals surface area contributed by atoms with E-state index in [0.717, 1.165) is 0 Å². The highest BCUT2D eigenvalue weighted by Gasteiger charge is 2.35. The predicted molar refractivity (Wildman–Crippen MR) is 166 cm³/mol. The Labute approximate surface area is 246 Å². The molecule has 2 atom stereocenters. The maximum Gasteiger partial charge on any atom is 0.338 e. The SMILES string of the molecule is O=C(O[C@@H](CCP(=O)(c1ccccc1)c1ccccc1)[C@@H](OC(=O)c1ccccc1)c1ccccc1)c1ccccc1. The van der Waals surface area contributed by atoms with E-state index in [1.165, 1.54) is 0 Å². The number of benzene rings is 5. The van der Waals surface area contributed by atoms with E-state index in [1.54, 1.807) is 48.5 Å². The Hall–Kier alpha value is -4.73. The van der Waals surface area contributed by atoms with Crippen molar-refractivity contribution in [1.29, 1.82) is 0 Å². The lowest BCUT2D eigenvalue weighted by atomic mass is 10.0. The molecule has 0 spiro atoms. The first-order valence-electron chi connectivity index (χ1n) is 13.8. The monoisotopic (exact) mass is 574 g/mol. The van der Waals surface area contributed by atoms with E-state index in [9.17, 15) is 14.2 Å². The molecule has 210 valence electrons. The number of carbonyl (C=O) groups is 2. The summed E-state index contributed by atoms with van der Waals surface area (Å²) in [5, 5.41) is 1.42. The Morgan fingerprint density at radius 3 is 1.36 bits per heavy atom. The van der Waals surface area contributed by atoms with Crippen molar-refractivity contribution >= 4 is 29.7 Å². The first kappa shape index (κ1) is 28.8. The molecule has 0 aliphatic heterocycles. The van der Waals surface area contributed by atoms with E-state index >= 15 is 0 Å². The molecule has 0 bridgehead atoms. The van der Waals surface area contributed by atoms with Gasteiger partial charge in [0.05, 0.1) is 11.1 Å². The summed E-state index contributed by atoms with van der Waals surface area (Å²) in [6.07, 6.45) is -1.48. The van der Waals surface area contributed by atoms with E-state index in [-0.39, 0.29) is 12.6 Å². The molecule has 42 heavy (non-hydrogen) atoms. The number of rotatable bonds is 11. The van der Waals surface area contributed by atoms with E-state index in [0.29, 0.717) is 27.3 Å². The highest BCUT2D eigenvalue weighted by molar-refractivity contribution is 7.78. The third-order valence-corrected chi connectivity index (χ3v) is 10.2. The summed E-state index contributed by atoms with van der Waals surface area (Å²) in [4.78, 5) is 26.7. The van der Waals surface area contributed by atoms with Gasteiger partial charge in [0.25, 0.3) is 0 Å². The molecule has 0 unspecified atom stereocenters. The van der Waals surface area contributed by atoms with Crippen LogP contribution in [-0.2, 0) is 14.0 Å². The fraction of sp³-hybridized carbons (Fsp3) is 0.111. The van der Waals surface area contributed by atoms with Crippen LogP contribution in [0.1, 0.15) is 38.8 Å². The molecule has 0 aromatic heterocycles. The summed E-state index contributed by atoms with van der Waals surface area (Å²) in [7, 11) is -3.15. The van der Waals surface area contributed by atoms with Crippen LogP contribution in [0.2, 0.25) is 0 Å². The molecule has 0 aliphatic rings. The Kier molecular flexibility index (Phi) is 9.43. The normalized spacial score (nSPS) is 12.6. The van der Waals surface area contributed by atoms with Crippen molar-refractivity contribution < 1.29 is 23.6 Å². The van der Waals surface area contributed by atoms with Crippen LogP contribution < -0.4 is 10.6 Å². The molecule has 0 fully saturated rings. The Bertz CT molecular complexity index is 1580. The number of hydrogen-bond donors (Lipinski definition) is 0. The highest BCUT2D eigenvalue weighted by Crippen LogP contribution is 2.45. The van der Waals surface area contributed by atoms with Crippen LogP contribution in [0.5, 0.6) is 0 Å². The molecular formula is C36H31O5P. The first-order valence-corrected chi connectivity index (χ1v) is 15.7. The maximum absolute atomic E-state index is 14.8. The molecule has 5 rings (SSSR count). The van der Waals surface area contributed by atoms with Gasteiger partial charge in [0, 0.05) is 16.8 Å². The Morgan fingerprint density at radius 1 is 0.524 bits per heavy atom. The molecule has 0 N–H and O–H groups in total. The van der Waals surface area contributed by atoms with Crippen LogP contribution in [0, 0.1) is 0 Å². The molecule has 0 saturated carbocycles. The highest BCUT2D eigenvalue weighted by atomic mass is 31.2. The minimum absolute atomic E-state index is 0.182. The fourth-order valence-corrected chi connectivity index (χ4v) is 7.60. The second-order valence-electron chi connectivity index (χ2n) is 9.84. The quantitative estimate of drug-likeness (QED) is 0.123. The lowest BCUT2D eigenvalue weighted by Gasteiger charge is -2.29. The first-order chi connectivity index (χ1) is 20.5. The van der Waals surface area contributed by atoms with Gasteiger partial charge in [-0.15, -0.1) is 0 Å². The van der Waals surface area contributed by atoms with Crippen LogP contribution >= 0.6 is 7.14 Å². The van der Waals surface area contributed by atoms with Gasteiger partial charge in [-0.3, -0.25) is 0 Å². The third kappa shape index (κ3) is 6.94. The zero-order valence-corrected chi connectivity index (χ0v) is 23.9. The lowest BCUT2D eigenvalue weighted by molar-refractivity contribution is -0.0382. The van der Waals surface area contributed by atoms with Crippen molar-refractivity contribution in [3.8, 4) is 0 Å². The summed E-state index contributed by atoms with van der Waals surface area (Å²) in [5.74, 6) is -1.09. The van der Waals surface area contributed by atoms with E-state index in [2.05, 4.69) is 0 Å². The molecule has 0 saturated heterocycles. The average molecular weight is 575 g/mol. The second kappa shape index (κ2) is 13.8. The Morgan fingerprint density at radius 2 is 0.905 bits per heavy atom. The zero-order chi connectivity index (χ0) is 29.2. The summed E-state index contributed by atoms with van der Waals surface area (Å²) < 4.78 is 27.0.